The van der Waals surface area contributed by atoms with Crippen LogP contribution in [0.15, 0.2) is 59.7 Å². The lowest BCUT2D eigenvalue weighted by atomic mass is 10.1. The Balaban J connectivity index is 2.21. The fourth-order valence-electron chi connectivity index (χ4n) is 1.51. The van der Waals surface area contributed by atoms with Crippen LogP contribution in [-0.4, -0.2) is 23.9 Å². The van der Waals surface area contributed by atoms with E-state index in [2.05, 4.69) is 10.5 Å². The molecular formula is C12H12N2O3S. The van der Waals surface area contributed by atoms with Gasteiger partial charge in [-0.05, 0) is 18.2 Å². The van der Waals surface area contributed by atoms with Gasteiger partial charge in [0.1, 0.15) is 5.25 Å². The summed E-state index contributed by atoms with van der Waals surface area (Å²) >= 11 is 0. The van der Waals surface area contributed by atoms with E-state index in [0.717, 1.165) is 5.69 Å². The highest BCUT2D eigenvalue weighted by molar-refractivity contribution is 7.87. The SMILES string of the molecule is O=S(=O)(O)C1C=CC=C/C1=N\Nc1ccccc1. The van der Waals surface area contributed by atoms with Crippen LogP contribution in [-0.2, 0) is 10.1 Å². The zero-order valence-corrected chi connectivity index (χ0v) is 10.2. The molecule has 1 atom stereocenters. The molecule has 18 heavy (non-hydrogen) atoms. The largest absolute Gasteiger partial charge is 0.285 e. The first-order valence-corrected chi connectivity index (χ1v) is 6.77. The molecule has 0 aromatic heterocycles. The minimum atomic E-state index is -4.19. The summed E-state index contributed by atoms with van der Waals surface area (Å²) in [6.45, 7) is 0. The molecule has 0 bridgehead atoms. The molecule has 1 aliphatic carbocycles. The fourth-order valence-corrected chi connectivity index (χ4v) is 2.23. The van der Waals surface area contributed by atoms with E-state index in [9.17, 15) is 8.42 Å². The first-order valence-electron chi connectivity index (χ1n) is 5.27. The van der Waals surface area contributed by atoms with Gasteiger partial charge in [-0.2, -0.15) is 13.5 Å². The van der Waals surface area contributed by atoms with Gasteiger partial charge in [-0.15, -0.1) is 0 Å². The molecule has 1 aromatic carbocycles. The average Bonchev–Trinajstić information content (AvgIpc) is 2.37. The van der Waals surface area contributed by atoms with Crippen molar-refractivity contribution in [2.45, 2.75) is 5.25 Å². The maximum absolute atomic E-state index is 11.2. The minimum Gasteiger partial charge on any atom is -0.285 e. The molecule has 94 valence electrons. The van der Waals surface area contributed by atoms with Crippen LogP contribution in [0.4, 0.5) is 5.69 Å². The summed E-state index contributed by atoms with van der Waals surface area (Å²) in [5, 5.41) is 2.86. The number of anilines is 1. The first-order chi connectivity index (χ1) is 8.57. The molecule has 0 heterocycles. The Hall–Kier alpha value is -1.92. The van der Waals surface area contributed by atoms with E-state index in [-0.39, 0.29) is 5.71 Å². The number of allylic oxidation sites excluding steroid dienone is 3. The van der Waals surface area contributed by atoms with Gasteiger partial charge >= 0.3 is 0 Å². The molecule has 0 saturated carbocycles. The lowest BCUT2D eigenvalue weighted by Crippen LogP contribution is -2.28. The van der Waals surface area contributed by atoms with Crippen molar-refractivity contribution >= 4 is 21.5 Å². The summed E-state index contributed by atoms with van der Waals surface area (Å²) in [4.78, 5) is 0. The molecule has 0 amide bonds. The third-order valence-corrected chi connectivity index (χ3v) is 3.40. The summed E-state index contributed by atoms with van der Waals surface area (Å²) in [5.41, 5.74) is 3.72. The Kier molecular flexibility index (Phi) is 3.59. The summed E-state index contributed by atoms with van der Waals surface area (Å²) in [5.74, 6) is 0. The highest BCUT2D eigenvalue weighted by Gasteiger charge is 2.26. The van der Waals surface area contributed by atoms with Crippen molar-refractivity contribution < 1.29 is 13.0 Å². The van der Waals surface area contributed by atoms with Gasteiger partial charge in [0, 0.05) is 0 Å². The molecule has 0 radical (unpaired) electrons. The van der Waals surface area contributed by atoms with Gasteiger partial charge in [0.25, 0.3) is 10.1 Å². The Labute approximate surface area is 105 Å². The second kappa shape index (κ2) is 5.16. The summed E-state index contributed by atoms with van der Waals surface area (Å²) in [6.07, 6.45) is 6.13. The topological polar surface area (TPSA) is 78.8 Å². The number of hydrogen-bond acceptors (Lipinski definition) is 4. The number of nitrogens with zero attached hydrogens (tertiary/aromatic N) is 1. The predicted molar refractivity (Wildman–Crippen MR) is 71.1 cm³/mol. The standard InChI is InChI=1S/C12H12N2O3S/c15-18(16,17)12-9-5-4-8-11(12)14-13-10-6-2-1-3-7-10/h1-9,12-13H,(H,15,16,17)/b14-11+. The number of para-hydroxylation sites is 1. The number of benzene rings is 1. The third kappa shape index (κ3) is 3.06. The van der Waals surface area contributed by atoms with E-state index in [4.69, 9.17) is 4.55 Å². The Morgan fingerprint density at radius 1 is 1.17 bits per heavy atom. The van der Waals surface area contributed by atoms with Gasteiger partial charge in [0.15, 0.2) is 0 Å². The van der Waals surface area contributed by atoms with Crippen LogP contribution < -0.4 is 5.43 Å². The van der Waals surface area contributed by atoms with E-state index in [1.165, 1.54) is 12.2 Å². The fraction of sp³-hybridized carbons (Fsp3) is 0.0833. The smallest absolute Gasteiger partial charge is 0.277 e. The maximum Gasteiger partial charge on any atom is 0.277 e. The van der Waals surface area contributed by atoms with Gasteiger partial charge in [-0.25, -0.2) is 0 Å². The van der Waals surface area contributed by atoms with Crippen molar-refractivity contribution in [3.8, 4) is 0 Å². The molecule has 0 fully saturated rings. The highest BCUT2D eigenvalue weighted by atomic mass is 32.2. The van der Waals surface area contributed by atoms with Crippen molar-refractivity contribution in [1.82, 2.24) is 0 Å². The number of rotatable bonds is 3. The minimum absolute atomic E-state index is 0.240. The predicted octanol–water partition coefficient (Wildman–Crippen LogP) is 1.84. The van der Waals surface area contributed by atoms with Gasteiger partial charge in [-0.1, -0.05) is 36.4 Å². The molecule has 1 aromatic rings. The lowest BCUT2D eigenvalue weighted by molar-refractivity contribution is 0.482. The van der Waals surface area contributed by atoms with Crippen LogP contribution in [0.1, 0.15) is 0 Å². The molecule has 6 heteroatoms. The Bertz CT molecular complexity index is 603. The van der Waals surface area contributed by atoms with E-state index in [0.29, 0.717) is 0 Å². The summed E-state index contributed by atoms with van der Waals surface area (Å²) in [6, 6.07) is 9.13. The van der Waals surface area contributed by atoms with Crippen molar-refractivity contribution in [3.63, 3.8) is 0 Å². The molecule has 1 aliphatic rings. The Morgan fingerprint density at radius 3 is 2.56 bits per heavy atom. The van der Waals surface area contributed by atoms with E-state index in [1.807, 2.05) is 18.2 Å². The second-order valence-electron chi connectivity index (χ2n) is 3.69. The lowest BCUT2D eigenvalue weighted by Gasteiger charge is -2.12. The molecule has 0 saturated heterocycles. The van der Waals surface area contributed by atoms with Crippen LogP contribution in [0, 0.1) is 0 Å². The molecule has 0 spiro atoms. The van der Waals surface area contributed by atoms with Crippen LogP contribution in [0.3, 0.4) is 0 Å². The van der Waals surface area contributed by atoms with Crippen molar-refractivity contribution in [1.29, 1.82) is 0 Å². The molecule has 1 unspecified atom stereocenters. The summed E-state index contributed by atoms with van der Waals surface area (Å²) in [7, 11) is -4.19. The van der Waals surface area contributed by atoms with Crippen molar-refractivity contribution in [3.05, 3.63) is 54.6 Å². The van der Waals surface area contributed by atoms with Gasteiger partial charge < -0.3 is 0 Å². The molecule has 2 N–H and O–H groups in total. The summed E-state index contributed by atoms with van der Waals surface area (Å²) < 4.78 is 31.4. The van der Waals surface area contributed by atoms with E-state index < -0.39 is 15.4 Å². The first kappa shape index (κ1) is 12.5. The number of nitrogens with one attached hydrogen (secondary N) is 1. The van der Waals surface area contributed by atoms with Crippen molar-refractivity contribution in [2.75, 3.05) is 5.43 Å². The normalized spacial score (nSPS) is 21.2. The maximum atomic E-state index is 11.2. The third-order valence-electron chi connectivity index (χ3n) is 2.36. The van der Waals surface area contributed by atoms with Gasteiger partial charge in [0.2, 0.25) is 0 Å². The van der Waals surface area contributed by atoms with E-state index >= 15 is 0 Å². The monoisotopic (exact) mass is 264 g/mol. The zero-order valence-electron chi connectivity index (χ0n) is 9.39. The molecule has 5 nitrogen and oxygen atoms in total. The second-order valence-corrected chi connectivity index (χ2v) is 5.23. The van der Waals surface area contributed by atoms with E-state index in [1.54, 1.807) is 24.3 Å². The molecular weight excluding hydrogens is 252 g/mol. The van der Waals surface area contributed by atoms with Crippen LogP contribution in [0.25, 0.3) is 0 Å². The van der Waals surface area contributed by atoms with Crippen LogP contribution >= 0.6 is 0 Å². The number of hydrazone groups is 1. The average molecular weight is 264 g/mol. The van der Waals surface area contributed by atoms with Gasteiger partial charge in [0.05, 0.1) is 11.4 Å². The quantitative estimate of drug-likeness (QED) is 0.645. The Morgan fingerprint density at radius 2 is 1.89 bits per heavy atom. The highest BCUT2D eigenvalue weighted by Crippen LogP contribution is 2.11. The van der Waals surface area contributed by atoms with Crippen molar-refractivity contribution in [2.24, 2.45) is 5.10 Å². The molecule has 2 rings (SSSR count). The van der Waals surface area contributed by atoms with Gasteiger partial charge in [-0.3, -0.25) is 9.98 Å². The molecule has 0 aliphatic heterocycles. The van der Waals surface area contributed by atoms with Crippen LogP contribution in [0.5, 0.6) is 0 Å². The zero-order chi connectivity index (χ0) is 13.0. The van der Waals surface area contributed by atoms with Crippen LogP contribution in [0.2, 0.25) is 0 Å². The number of hydrogen-bond donors (Lipinski definition) is 2.